The highest BCUT2D eigenvalue weighted by Gasteiger charge is 2.29. The number of carbonyl (C=O) groups is 1. The van der Waals surface area contributed by atoms with Crippen LogP contribution in [0.25, 0.3) is 0 Å². The Morgan fingerprint density at radius 1 is 1.30 bits per heavy atom. The first kappa shape index (κ1) is 14.9. The highest BCUT2D eigenvalue weighted by molar-refractivity contribution is 5.75. The Bertz CT molecular complexity index is 425. The van der Waals surface area contributed by atoms with Crippen molar-refractivity contribution in [2.24, 2.45) is 0 Å². The second-order valence-corrected chi connectivity index (χ2v) is 5.30. The number of benzene rings is 1. The molecule has 1 aromatic carbocycles. The molecular weight excluding hydrogens is 252 g/mol. The van der Waals surface area contributed by atoms with E-state index in [-0.39, 0.29) is 5.91 Å². The van der Waals surface area contributed by atoms with Crippen LogP contribution >= 0.6 is 0 Å². The summed E-state index contributed by atoms with van der Waals surface area (Å²) in [6, 6.07) is 8.88. The van der Waals surface area contributed by atoms with Gasteiger partial charge in [-0.1, -0.05) is 12.1 Å². The number of carbonyl (C=O) groups excluding carboxylic acids is 1. The smallest absolute Gasteiger partial charge is 0.221 e. The maximum atomic E-state index is 11.3. The molecule has 0 heterocycles. The average Bonchev–Trinajstić information content (AvgIpc) is 2.42. The van der Waals surface area contributed by atoms with Crippen LogP contribution in [0.4, 0.5) is 0 Å². The molecule has 0 atom stereocenters. The van der Waals surface area contributed by atoms with Gasteiger partial charge in [-0.2, -0.15) is 0 Å². The molecule has 4 nitrogen and oxygen atoms in total. The molecule has 1 saturated carbocycles. The van der Waals surface area contributed by atoms with Crippen LogP contribution in [0.2, 0.25) is 0 Å². The summed E-state index contributed by atoms with van der Waals surface area (Å²) in [7, 11) is 1.69. The number of nitrogens with one attached hydrogen (secondary N) is 2. The van der Waals surface area contributed by atoms with E-state index in [2.05, 4.69) is 22.8 Å². The van der Waals surface area contributed by atoms with E-state index in [1.807, 2.05) is 19.1 Å². The summed E-state index contributed by atoms with van der Waals surface area (Å²) in [6.45, 7) is 3.42. The van der Waals surface area contributed by atoms with Crippen molar-refractivity contribution in [3.63, 3.8) is 0 Å². The zero-order valence-corrected chi connectivity index (χ0v) is 12.3. The van der Waals surface area contributed by atoms with E-state index in [0.717, 1.165) is 25.1 Å². The fourth-order valence-corrected chi connectivity index (χ4v) is 2.61. The first-order valence-electron chi connectivity index (χ1n) is 7.37. The fourth-order valence-electron chi connectivity index (χ4n) is 2.61. The monoisotopic (exact) mass is 276 g/mol. The highest BCUT2D eigenvalue weighted by Crippen LogP contribution is 2.37. The zero-order chi connectivity index (χ0) is 14.4. The van der Waals surface area contributed by atoms with Crippen LogP contribution in [-0.4, -0.2) is 32.1 Å². The minimum Gasteiger partial charge on any atom is -0.497 e. The summed E-state index contributed by atoms with van der Waals surface area (Å²) < 4.78 is 5.17. The molecule has 0 bridgehead atoms. The summed E-state index contributed by atoms with van der Waals surface area (Å²) in [5.41, 5.74) is 1.38. The maximum Gasteiger partial charge on any atom is 0.221 e. The fraction of sp³-hybridized carbons (Fsp3) is 0.562. The van der Waals surface area contributed by atoms with Gasteiger partial charge in [0, 0.05) is 25.6 Å². The molecule has 0 aromatic heterocycles. The third-order valence-corrected chi connectivity index (χ3v) is 3.88. The van der Waals surface area contributed by atoms with Crippen molar-refractivity contribution in [2.45, 2.75) is 38.1 Å². The normalized spacial score (nSPS) is 21.1. The van der Waals surface area contributed by atoms with Crippen LogP contribution in [-0.2, 0) is 4.79 Å². The van der Waals surface area contributed by atoms with Gasteiger partial charge >= 0.3 is 0 Å². The molecule has 110 valence electrons. The quantitative estimate of drug-likeness (QED) is 0.801. The van der Waals surface area contributed by atoms with Crippen LogP contribution in [0.1, 0.15) is 37.7 Å². The van der Waals surface area contributed by atoms with Crippen molar-refractivity contribution in [2.75, 3.05) is 20.2 Å². The Kier molecular flexibility index (Phi) is 5.41. The van der Waals surface area contributed by atoms with E-state index in [1.54, 1.807) is 7.11 Å². The maximum absolute atomic E-state index is 11.3. The van der Waals surface area contributed by atoms with Crippen LogP contribution in [0.15, 0.2) is 24.3 Å². The molecule has 0 spiro atoms. The molecule has 2 N–H and O–H groups in total. The summed E-state index contributed by atoms with van der Waals surface area (Å²) in [5, 5.41) is 6.26. The SMILES string of the molecule is CCNC(=O)CCNC1CC(c2ccc(OC)cc2)C1. The minimum atomic E-state index is 0.131. The predicted octanol–water partition coefficient (Wildman–Crippen LogP) is 2.06. The second kappa shape index (κ2) is 7.29. The van der Waals surface area contributed by atoms with E-state index < -0.39 is 0 Å². The van der Waals surface area contributed by atoms with Crippen LogP contribution in [0.3, 0.4) is 0 Å². The van der Waals surface area contributed by atoms with E-state index in [4.69, 9.17) is 4.74 Å². The van der Waals surface area contributed by atoms with Gasteiger partial charge in [-0.3, -0.25) is 4.79 Å². The third-order valence-electron chi connectivity index (χ3n) is 3.88. The van der Waals surface area contributed by atoms with Gasteiger partial charge in [-0.25, -0.2) is 0 Å². The molecule has 0 aliphatic heterocycles. The number of methoxy groups -OCH3 is 1. The molecule has 1 fully saturated rings. The van der Waals surface area contributed by atoms with Gasteiger partial charge in [-0.05, 0) is 43.4 Å². The van der Waals surface area contributed by atoms with Gasteiger partial charge in [0.1, 0.15) is 5.75 Å². The predicted molar refractivity (Wildman–Crippen MR) is 80.1 cm³/mol. The van der Waals surface area contributed by atoms with Gasteiger partial charge in [0.2, 0.25) is 5.91 Å². The molecule has 20 heavy (non-hydrogen) atoms. The first-order valence-corrected chi connectivity index (χ1v) is 7.37. The van der Waals surface area contributed by atoms with E-state index in [1.165, 1.54) is 5.56 Å². The zero-order valence-electron chi connectivity index (χ0n) is 12.3. The molecule has 0 radical (unpaired) electrons. The lowest BCUT2D eigenvalue weighted by atomic mass is 9.76. The molecular formula is C16H24N2O2. The molecule has 0 saturated heterocycles. The Morgan fingerprint density at radius 3 is 2.60 bits per heavy atom. The Labute approximate surface area is 120 Å². The Balaban J connectivity index is 1.65. The number of amides is 1. The highest BCUT2D eigenvalue weighted by atomic mass is 16.5. The van der Waals surface area contributed by atoms with Gasteiger partial charge < -0.3 is 15.4 Å². The van der Waals surface area contributed by atoms with Crippen molar-refractivity contribution < 1.29 is 9.53 Å². The largest absolute Gasteiger partial charge is 0.497 e. The minimum absolute atomic E-state index is 0.131. The van der Waals surface area contributed by atoms with Crippen molar-refractivity contribution >= 4 is 5.91 Å². The molecule has 0 unspecified atom stereocenters. The lowest BCUT2D eigenvalue weighted by Crippen LogP contribution is -2.41. The van der Waals surface area contributed by atoms with Crippen molar-refractivity contribution in [3.8, 4) is 5.75 Å². The van der Waals surface area contributed by atoms with Gasteiger partial charge in [0.05, 0.1) is 7.11 Å². The molecule has 2 rings (SSSR count). The number of hydrogen-bond donors (Lipinski definition) is 2. The summed E-state index contributed by atoms with van der Waals surface area (Å²) in [4.78, 5) is 11.3. The van der Waals surface area contributed by atoms with Gasteiger partial charge in [0.25, 0.3) is 0 Å². The van der Waals surface area contributed by atoms with Crippen LogP contribution in [0.5, 0.6) is 5.75 Å². The van der Waals surface area contributed by atoms with E-state index >= 15 is 0 Å². The molecule has 1 aliphatic rings. The number of hydrogen-bond acceptors (Lipinski definition) is 3. The lowest BCUT2D eigenvalue weighted by molar-refractivity contribution is -0.120. The topological polar surface area (TPSA) is 50.4 Å². The standard InChI is InChI=1S/C16H24N2O2/c1-3-17-16(19)8-9-18-14-10-13(11-14)12-4-6-15(20-2)7-5-12/h4-7,13-14,18H,3,8-11H2,1-2H3,(H,17,19). The van der Waals surface area contributed by atoms with E-state index in [0.29, 0.717) is 24.9 Å². The lowest BCUT2D eigenvalue weighted by Gasteiger charge is -2.36. The van der Waals surface area contributed by atoms with Crippen molar-refractivity contribution in [3.05, 3.63) is 29.8 Å². The number of ether oxygens (including phenoxy) is 1. The molecule has 1 aromatic rings. The summed E-state index contributed by atoms with van der Waals surface area (Å²) in [6.07, 6.45) is 2.88. The Morgan fingerprint density at radius 2 is 2.00 bits per heavy atom. The van der Waals surface area contributed by atoms with Crippen LogP contribution in [0, 0.1) is 0 Å². The molecule has 1 amide bonds. The summed E-state index contributed by atoms with van der Waals surface area (Å²) >= 11 is 0. The number of rotatable bonds is 7. The molecule has 1 aliphatic carbocycles. The molecule has 4 heteroatoms. The average molecular weight is 276 g/mol. The van der Waals surface area contributed by atoms with Gasteiger partial charge in [-0.15, -0.1) is 0 Å². The first-order chi connectivity index (χ1) is 9.72. The summed E-state index contributed by atoms with van der Waals surface area (Å²) in [5.74, 6) is 1.68. The van der Waals surface area contributed by atoms with Gasteiger partial charge in [0.15, 0.2) is 0 Å². The van der Waals surface area contributed by atoms with E-state index in [9.17, 15) is 4.79 Å². The van der Waals surface area contributed by atoms with Crippen molar-refractivity contribution in [1.82, 2.24) is 10.6 Å². The second-order valence-electron chi connectivity index (χ2n) is 5.30. The third kappa shape index (κ3) is 3.97. The Hall–Kier alpha value is -1.55. The van der Waals surface area contributed by atoms with Crippen molar-refractivity contribution in [1.29, 1.82) is 0 Å². The van der Waals surface area contributed by atoms with Crippen LogP contribution < -0.4 is 15.4 Å².